The first kappa shape index (κ1) is 17.2. The SMILES string of the molecule is CCNC(=NCc1cnn(C)c1)NCCOC.I. The summed E-state index contributed by atoms with van der Waals surface area (Å²) in [6.07, 6.45) is 3.78. The largest absolute Gasteiger partial charge is 0.383 e. The molecule has 0 bridgehead atoms. The molecular formula is C11H22IN5O. The fraction of sp³-hybridized carbons (Fsp3) is 0.636. The van der Waals surface area contributed by atoms with E-state index in [1.165, 1.54) is 0 Å². The smallest absolute Gasteiger partial charge is 0.191 e. The van der Waals surface area contributed by atoms with E-state index in [1.807, 2.05) is 26.4 Å². The molecule has 2 N–H and O–H groups in total. The highest BCUT2D eigenvalue weighted by Gasteiger charge is 1.98. The molecule has 0 aliphatic rings. The van der Waals surface area contributed by atoms with Crippen LogP contribution in [0.5, 0.6) is 0 Å². The Kier molecular flexibility index (Phi) is 9.66. The molecule has 1 aromatic rings. The molecule has 0 atom stereocenters. The Morgan fingerprint density at radius 1 is 1.50 bits per heavy atom. The highest BCUT2D eigenvalue weighted by molar-refractivity contribution is 14.0. The highest BCUT2D eigenvalue weighted by Crippen LogP contribution is 1.97. The topological polar surface area (TPSA) is 63.5 Å². The molecule has 1 heterocycles. The van der Waals surface area contributed by atoms with Crippen LogP contribution in [0.3, 0.4) is 0 Å². The molecule has 104 valence electrons. The Morgan fingerprint density at radius 3 is 2.83 bits per heavy atom. The molecule has 0 aromatic carbocycles. The Bertz CT molecular complexity index is 353. The normalized spacial score (nSPS) is 10.9. The summed E-state index contributed by atoms with van der Waals surface area (Å²) in [6.45, 7) is 4.91. The Labute approximate surface area is 125 Å². The van der Waals surface area contributed by atoms with E-state index >= 15 is 0 Å². The summed E-state index contributed by atoms with van der Waals surface area (Å²) in [4.78, 5) is 4.45. The summed E-state index contributed by atoms with van der Waals surface area (Å²) in [6, 6.07) is 0. The first-order chi connectivity index (χ1) is 8.26. The van der Waals surface area contributed by atoms with Crippen LogP contribution in [0.25, 0.3) is 0 Å². The summed E-state index contributed by atoms with van der Waals surface area (Å²) < 4.78 is 6.75. The molecular weight excluding hydrogens is 345 g/mol. The zero-order valence-corrected chi connectivity index (χ0v) is 13.5. The first-order valence-corrected chi connectivity index (χ1v) is 5.75. The van der Waals surface area contributed by atoms with Gasteiger partial charge in [-0.15, -0.1) is 24.0 Å². The summed E-state index contributed by atoms with van der Waals surface area (Å²) in [5, 5.41) is 10.5. The van der Waals surface area contributed by atoms with Crippen molar-refractivity contribution in [3.63, 3.8) is 0 Å². The number of guanidine groups is 1. The van der Waals surface area contributed by atoms with Crippen LogP contribution < -0.4 is 10.6 Å². The molecule has 0 spiro atoms. The van der Waals surface area contributed by atoms with E-state index in [9.17, 15) is 0 Å². The number of hydrogen-bond donors (Lipinski definition) is 2. The van der Waals surface area contributed by atoms with Crippen molar-refractivity contribution in [2.45, 2.75) is 13.5 Å². The molecule has 0 amide bonds. The maximum atomic E-state index is 4.98. The zero-order valence-electron chi connectivity index (χ0n) is 11.1. The summed E-state index contributed by atoms with van der Waals surface area (Å²) in [5.74, 6) is 0.799. The van der Waals surface area contributed by atoms with Gasteiger partial charge in [0.15, 0.2) is 5.96 Å². The highest BCUT2D eigenvalue weighted by atomic mass is 127. The molecule has 0 radical (unpaired) electrons. The van der Waals surface area contributed by atoms with Crippen molar-refractivity contribution in [1.29, 1.82) is 0 Å². The lowest BCUT2D eigenvalue weighted by Crippen LogP contribution is -2.38. The standard InChI is InChI=1S/C11H21N5O.HI/c1-4-12-11(13-5-6-17-3)14-7-10-8-15-16(2)9-10;/h8-9H,4-7H2,1-3H3,(H2,12,13,14);1H. The van der Waals surface area contributed by atoms with Gasteiger partial charge in [0.1, 0.15) is 0 Å². The number of ether oxygens (including phenoxy) is 1. The fourth-order valence-electron chi connectivity index (χ4n) is 1.34. The third-order valence-corrected chi connectivity index (χ3v) is 2.12. The average Bonchev–Trinajstić information content (AvgIpc) is 2.72. The molecule has 1 aromatic heterocycles. The molecule has 7 heteroatoms. The number of rotatable bonds is 6. The number of hydrogen-bond acceptors (Lipinski definition) is 3. The maximum absolute atomic E-state index is 4.98. The number of aryl methyl sites for hydroxylation is 1. The van der Waals surface area contributed by atoms with Crippen molar-refractivity contribution in [3.8, 4) is 0 Å². The summed E-state index contributed by atoms with van der Waals surface area (Å²) in [5.41, 5.74) is 1.09. The van der Waals surface area contributed by atoms with E-state index in [2.05, 4.69) is 20.7 Å². The van der Waals surface area contributed by atoms with Gasteiger partial charge in [-0.2, -0.15) is 5.10 Å². The van der Waals surface area contributed by atoms with Gasteiger partial charge in [-0.05, 0) is 6.92 Å². The van der Waals surface area contributed by atoms with Crippen LogP contribution >= 0.6 is 24.0 Å². The molecule has 0 saturated carbocycles. The van der Waals surface area contributed by atoms with E-state index in [1.54, 1.807) is 11.8 Å². The summed E-state index contributed by atoms with van der Waals surface area (Å²) in [7, 11) is 3.58. The minimum atomic E-state index is 0. The van der Waals surface area contributed by atoms with Gasteiger partial charge in [-0.25, -0.2) is 4.99 Å². The number of halogens is 1. The van der Waals surface area contributed by atoms with Crippen molar-refractivity contribution in [1.82, 2.24) is 20.4 Å². The lowest BCUT2D eigenvalue weighted by atomic mass is 10.4. The van der Waals surface area contributed by atoms with Crippen LogP contribution in [0, 0.1) is 0 Å². The van der Waals surface area contributed by atoms with Gasteiger partial charge in [0.05, 0.1) is 19.3 Å². The molecule has 6 nitrogen and oxygen atoms in total. The van der Waals surface area contributed by atoms with E-state index < -0.39 is 0 Å². The van der Waals surface area contributed by atoms with Crippen LogP contribution in [-0.2, 0) is 18.3 Å². The zero-order chi connectivity index (χ0) is 12.5. The van der Waals surface area contributed by atoms with E-state index in [4.69, 9.17) is 4.74 Å². The minimum Gasteiger partial charge on any atom is -0.383 e. The third kappa shape index (κ3) is 6.80. The van der Waals surface area contributed by atoms with Gasteiger partial charge in [-0.1, -0.05) is 0 Å². The van der Waals surface area contributed by atoms with Gasteiger partial charge >= 0.3 is 0 Å². The average molecular weight is 367 g/mol. The fourth-order valence-corrected chi connectivity index (χ4v) is 1.34. The van der Waals surface area contributed by atoms with Crippen molar-refractivity contribution in [2.24, 2.45) is 12.0 Å². The Morgan fingerprint density at radius 2 is 2.28 bits per heavy atom. The first-order valence-electron chi connectivity index (χ1n) is 5.75. The molecule has 18 heavy (non-hydrogen) atoms. The maximum Gasteiger partial charge on any atom is 0.191 e. The second-order valence-corrected chi connectivity index (χ2v) is 3.64. The van der Waals surface area contributed by atoms with E-state index in [0.29, 0.717) is 13.2 Å². The molecule has 0 aliphatic carbocycles. The lowest BCUT2D eigenvalue weighted by molar-refractivity contribution is 0.203. The molecule has 0 unspecified atom stereocenters. The Hall–Kier alpha value is -0.830. The lowest BCUT2D eigenvalue weighted by Gasteiger charge is -2.10. The third-order valence-electron chi connectivity index (χ3n) is 2.12. The monoisotopic (exact) mass is 367 g/mol. The van der Waals surface area contributed by atoms with Gasteiger partial charge in [0.2, 0.25) is 0 Å². The van der Waals surface area contributed by atoms with Crippen LogP contribution in [0.4, 0.5) is 0 Å². The van der Waals surface area contributed by atoms with Crippen molar-refractivity contribution in [3.05, 3.63) is 18.0 Å². The minimum absolute atomic E-state index is 0. The number of methoxy groups -OCH3 is 1. The van der Waals surface area contributed by atoms with Gasteiger partial charge in [-0.3, -0.25) is 4.68 Å². The van der Waals surface area contributed by atoms with Gasteiger partial charge < -0.3 is 15.4 Å². The second kappa shape index (κ2) is 10.1. The van der Waals surface area contributed by atoms with Crippen LogP contribution in [0.2, 0.25) is 0 Å². The van der Waals surface area contributed by atoms with Crippen molar-refractivity contribution < 1.29 is 4.74 Å². The number of nitrogens with one attached hydrogen (secondary N) is 2. The predicted octanol–water partition coefficient (Wildman–Crippen LogP) is 0.740. The van der Waals surface area contributed by atoms with Crippen LogP contribution in [0.1, 0.15) is 12.5 Å². The number of aromatic nitrogens is 2. The van der Waals surface area contributed by atoms with Crippen molar-refractivity contribution >= 4 is 29.9 Å². The summed E-state index contributed by atoms with van der Waals surface area (Å²) >= 11 is 0. The molecule has 0 saturated heterocycles. The van der Waals surface area contributed by atoms with Crippen molar-refractivity contribution in [2.75, 3.05) is 26.8 Å². The Balaban J connectivity index is 0.00000289. The van der Waals surface area contributed by atoms with Crippen LogP contribution in [-0.4, -0.2) is 42.5 Å². The molecule has 0 fully saturated rings. The number of aliphatic imine (C=N–C) groups is 1. The van der Waals surface area contributed by atoms with Crippen LogP contribution in [0.15, 0.2) is 17.4 Å². The van der Waals surface area contributed by atoms with Gasteiger partial charge in [0.25, 0.3) is 0 Å². The van der Waals surface area contributed by atoms with E-state index in [0.717, 1.165) is 24.6 Å². The van der Waals surface area contributed by atoms with E-state index in [-0.39, 0.29) is 24.0 Å². The second-order valence-electron chi connectivity index (χ2n) is 3.64. The predicted molar refractivity (Wildman–Crippen MR) is 83.3 cm³/mol. The number of nitrogens with zero attached hydrogens (tertiary/aromatic N) is 3. The molecule has 0 aliphatic heterocycles. The molecule has 1 rings (SSSR count). The van der Waals surface area contributed by atoms with Gasteiger partial charge in [0, 0.05) is 39.0 Å². The quantitative estimate of drug-likeness (QED) is 0.337.